The average molecular weight is 387 g/mol. The number of anilines is 1. The van der Waals surface area contributed by atoms with Crippen LogP contribution in [-0.2, 0) is 0 Å². The Balaban J connectivity index is 1.81. The maximum absolute atomic E-state index is 12.6. The minimum atomic E-state index is -0.0572. The molecule has 0 bridgehead atoms. The summed E-state index contributed by atoms with van der Waals surface area (Å²) in [7, 11) is 0. The lowest BCUT2D eigenvalue weighted by Gasteiger charge is -2.38. The number of fused-ring (bicyclic) bond motifs is 3. The summed E-state index contributed by atoms with van der Waals surface area (Å²) in [5.74, 6) is 0.585. The largest absolute Gasteiger partial charge is 0.377 e. The van der Waals surface area contributed by atoms with Crippen molar-refractivity contribution in [3.8, 4) is 0 Å². The lowest BCUT2D eigenvalue weighted by atomic mass is 9.76. The van der Waals surface area contributed by atoms with E-state index in [9.17, 15) is 4.79 Å². The van der Waals surface area contributed by atoms with E-state index in [2.05, 4.69) is 28.9 Å². The molecule has 2 aliphatic rings. The monoisotopic (exact) mass is 386 g/mol. The highest BCUT2D eigenvalue weighted by atomic mass is 35.5. The van der Waals surface area contributed by atoms with Gasteiger partial charge in [-0.1, -0.05) is 53.6 Å². The van der Waals surface area contributed by atoms with Crippen LogP contribution in [0.1, 0.15) is 46.8 Å². The fourth-order valence-corrected chi connectivity index (χ4v) is 4.65. The molecule has 3 atom stereocenters. The molecule has 2 aromatic rings. The molecule has 2 aromatic carbocycles. The number of carbonyl (C=O) groups is 1. The van der Waals surface area contributed by atoms with Gasteiger partial charge >= 0.3 is 0 Å². The van der Waals surface area contributed by atoms with Crippen LogP contribution in [0.4, 0.5) is 5.69 Å². The van der Waals surface area contributed by atoms with Gasteiger partial charge in [0, 0.05) is 22.5 Å². The number of carbonyl (C=O) groups excluding carboxylic acids is 1. The molecule has 4 rings (SSSR count). The van der Waals surface area contributed by atoms with Crippen LogP contribution in [0.3, 0.4) is 0 Å². The number of halogens is 2. The summed E-state index contributed by atoms with van der Waals surface area (Å²) in [6.07, 6.45) is 5.45. The van der Waals surface area contributed by atoms with E-state index in [0.717, 1.165) is 17.7 Å². The van der Waals surface area contributed by atoms with E-state index in [1.807, 2.05) is 31.2 Å². The number of nitrogens with one attached hydrogen (secondary N) is 2. The molecule has 0 saturated heterocycles. The quantitative estimate of drug-likeness (QED) is 0.676. The van der Waals surface area contributed by atoms with Crippen molar-refractivity contribution in [2.75, 3.05) is 11.9 Å². The van der Waals surface area contributed by atoms with Gasteiger partial charge in [-0.25, -0.2) is 0 Å². The van der Waals surface area contributed by atoms with E-state index < -0.39 is 0 Å². The Morgan fingerprint density at radius 3 is 2.85 bits per heavy atom. The molecular formula is C21H20Cl2N2O. The van der Waals surface area contributed by atoms with Gasteiger partial charge in [0.25, 0.3) is 5.91 Å². The molecule has 0 radical (unpaired) electrons. The Bertz CT molecular complexity index is 894. The normalized spacial score (nSPS) is 23.1. The molecule has 0 fully saturated rings. The number of hydrogen-bond acceptors (Lipinski definition) is 2. The molecule has 5 heteroatoms. The lowest BCUT2D eigenvalue weighted by Crippen LogP contribution is -2.32. The van der Waals surface area contributed by atoms with Gasteiger partial charge in [0.05, 0.1) is 17.3 Å². The van der Waals surface area contributed by atoms with E-state index in [1.54, 1.807) is 6.07 Å². The molecule has 3 unspecified atom stereocenters. The summed E-state index contributed by atoms with van der Waals surface area (Å²) in [6.45, 7) is 2.52. The van der Waals surface area contributed by atoms with Gasteiger partial charge in [-0.3, -0.25) is 4.79 Å². The van der Waals surface area contributed by atoms with Crippen molar-refractivity contribution in [1.82, 2.24) is 5.32 Å². The Hall–Kier alpha value is -1.97. The zero-order valence-corrected chi connectivity index (χ0v) is 15.9. The summed E-state index contributed by atoms with van der Waals surface area (Å²) in [6, 6.07) is 11.6. The Morgan fingerprint density at radius 2 is 2.08 bits per heavy atom. The molecule has 1 aliphatic heterocycles. The first-order valence-corrected chi connectivity index (χ1v) is 9.65. The predicted octanol–water partition coefficient (Wildman–Crippen LogP) is 5.57. The van der Waals surface area contributed by atoms with Gasteiger partial charge < -0.3 is 10.6 Å². The topological polar surface area (TPSA) is 41.1 Å². The second-order valence-corrected chi connectivity index (χ2v) is 7.61. The zero-order chi connectivity index (χ0) is 18.3. The molecule has 1 aliphatic carbocycles. The van der Waals surface area contributed by atoms with Gasteiger partial charge in [-0.15, -0.1) is 0 Å². The third-order valence-electron chi connectivity index (χ3n) is 5.28. The fourth-order valence-electron chi connectivity index (χ4n) is 4.13. The number of para-hydroxylation sites is 1. The summed E-state index contributed by atoms with van der Waals surface area (Å²) in [4.78, 5) is 12.6. The van der Waals surface area contributed by atoms with Gasteiger partial charge in [0.1, 0.15) is 0 Å². The average Bonchev–Trinajstić information content (AvgIpc) is 3.11. The minimum Gasteiger partial charge on any atom is -0.377 e. The molecule has 0 spiro atoms. The molecule has 2 N–H and O–H groups in total. The number of benzene rings is 2. The number of hydrogen-bond donors (Lipinski definition) is 2. The zero-order valence-electron chi connectivity index (χ0n) is 14.4. The Labute approximate surface area is 163 Å². The lowest BCUT2D eigenvalue weighted by molar-refractivity contribution is 0.0956. The molecule has 134 valence electrons. The maximum atomic E-state index is 12.6. The van der Waals surface area contributed by atoms with E-state index in [0.29, 0.717) is 28.1 Å². The van der Waals surface area contributed by atoms with Gasteiger partial charge in [-0.2, -0.15) is 0 Å². The minimum absolute atomic E-state index is 0.0304. The van der Waals surface area contributed by atoms with Crippen LogP contribution in [0.15, 0.2) is 48.6 Å². The summed E-state index contributed by atoms with van der Waals surface area (Å²) in [5.41, 5.74) is 3.78. The first kappa shape index (κ1) is 17.4. The number of amides is 1. The van der Waals surface area contributed by atoms with Crippen LogP contribution < -0.4 is 10.6 Å². The maximum Gasteiger partial charge on any atom is 0.253 e. The Morgan fingerprint density at radius 1 is 1.23 bits per heavy atom. The smallest absolute Gasteiger partial charge is 0.253 e. The third-order valence-corrected chi connectivity index (χ3v) is 5.84. The van der Waals surface area contributed by atoms with Crippen LogP contribution >= 0.6 is 23.2 Å². The second kappa shape index (κ2) is 6.98. The summed E-state index contributed by atoms with van der Waals surface area (Å²) in [5, 5.41) is 7.81. The van der Waals surface area contributed by atoms with Crippen molar-refractivity contribution >= 4 is 34.8 Å². The summed E-state index contributed by atoms with van der Waals surface area (Å²) >= 11 is 12.6. The van der Waals surface area contributed by atoms with Gasteiger partial charge in [0.15, 0.2) is 0 Å². The molecule has 26 heavy (non-hydrogen) atoms. The van der Waals surface area contributed by atoms with Gasteiger partial charge in [-0.05, 0) is 48.6 Å². The predicted molar refractivity (Wildman–Crippen MR) is 107 cm³/mol. The molecule has 0 saturated carbocycles. The van der Waals surface area contributed by atoms with Crippen LogP contribution in [0.25, 0.3) is 0 Å². The van der Waals surface area contributed by atoms with Crippen molar-refractivity contribution in [3.63, 3.8) is 0 Å². The van der Waals surface area contributed by atoms with Crippen LogP contribution in [0.5, 0.6) is 0 Å². The van der Waals surface area contributed by atoms with E-state index in [1.165, 1.54) is 5.56 Å². The van der Waals surface area contributed by atoms with Crippen LogP contribution in [0, 0.1) is 5.92 Å². The number of rotatable bonds is 3. The van der Waals surface area contributed by atoms with Crippen molar-refractivity contribution in [2.24, 2.45) is 5.92 Å². The first-order chi connectivity index (χ1) is 12.6. The molecule has 0 aromatic heterocycles. The fraction of sp³-hybridized carbons (Fsp3) is 0.286. The first-order valence-electron chi connectivity index (χ1n) is 8.89. The van der Waals surface area contributed by atoms with Crippen molar-refractivity contribution < 1.29 is 4.79 Å². The van der Waals surface area contributed by atoms with E-state index >= 15 is 0 Å². The Kier molecular flexibility index (Phi) is 4.68. The van der Waals surface area contributed by atoms with Crippen molar-refractivity contribution in [3.05, 3.63) is 75.3 Å². The van der Waals surface area contributed by atoms with Gasteiger partial charge in [0.2, 0.25) is 0 Å². The SMILES string of the molecule is CCNC(=O)c1cccc2c1NC(c1ccc(Cl)cc1Cl)C1CC=CC21. The molecule has 3 nitrogen and oxygen atoms in total. The van der Waals surface area contributed by atoms with Crippen molar-refractivity contribution in [2.45, 2.75) is 25.3 Å². The second-order valence-electron chi connectivity index (χ2n) is 6.77. The molecular weight excluding hydrogens is 367 g/mol. The van der Waals surface area contributed by atoms with E-state index in [-0.39, 0.29) is 17.9 Å². The van der Waals surface area contributed by atoms with Crippen LogP contribution in [0.2, 0.25) is 10.0 Å². The molecule has 1 heterocycles. The van der Waals surface area contributed by atoms with Crippen molar-refractivity contribution in [1.29, 1.82) is 0 Å². The number of allylic oxidation sites excluding steroid dienone is 2. The standard InChI is InChI=1S/C21H20Cl2N2O/c1-2-24-21(26)17-8-4-7-15-13-5-3-6-14(13)19(25-20(15)17)16-10-9-12(22)11-18(16)23/h3-5,7-11,13-14,19,25H,2,6H2,1H3,(H,24,26). The van der Waals surface area contributed by atoms with Crippen LogP contribution in [-0.4, -0.2) is 12.5 Å². The van der Waals surface area contributed by atoms with E-state index in [4.69, 9.17) is 23.2 Å². The summed E-state index contributed by atoms with van der Waals surface area (Å²) < 4.78 is 0. The molecule has 1 amide bonds. The highest BCUT2D eigenvalue weighted by molar-refractivity contribution is 6.35. The highest BCUT2D eigenvalue weighted by Gasteiger charge is 2.39. The third kappa shape index (κ3) is 2.89. The highest BCUT2D eigenvalue weighted by Crippen LogP contribution is 2.51.